The Morgan fingerprint density at radius 3 is 1.55 bits per heavy atom. The monoisotopic (exact) mass is 687 g/mol. The second-order valence-corrected chi connectivity index (χ2v) is 11.7. The van der Waals surface area contributed by atoms with E-state index in [4.69, 9.17) is 37.9 Å². The van der Waals surface area contributed by atoms with Crippen molar-refractivity contribution in [2.24, 2.45) is 0 Å². The van der Waals surface area contributed by atoms with E-state index >= 15 is 0 Å². The maximum absolute atomic E-state index is 12.2. The first-order valence-electron chi connectivity index (χ1n) is 17.9. The Bertz CT molecular complexity index is 1120. The van der Waals surface area contributed by atoms with Crippen LogP contribution < -0.4 is 5.32 Å². The van der Waals surface area contributed by atoms with Crippen molar-refractivity contribution in [1.82, 2.24) is 5.32 Å². The number of nitrogens with one attached hydrogen (secondary N) is 1. The standard InChI is InChI=1S/C38H57NO10/c1-2-3-4-5-6-16-37(40)48-30-29-47-28-27-46-26-25-45-24-23-44-22-21-43-20-19-42-18-11-17-39-38(41)49-31-36-34-14-9-7-12-32(34)33-13-8-10-15-35(33)36/h7-10,12-15,36H,2-6,11,16-31H2,1H3,(H,39,41). The molecule has 0 fully saturated rings. The number of benzene rings is 2. The topological polar surface area (TPSA) is 120 Å². The Balaban J connectivity index is 0.994. The van der Waals surface area contributed by atoms with Gasteiger partial charge in [0, 0.05) is 25.5 Å². The van der Waals surface area contributed by atoms with E-state index < -0.39 is 6.09 Å². The van der Waals surface area contributed by atoms with Crippen molar-refractivity contribution < 1.29 is 47.5 Å². The molecule has 0 radical (unpaired) electrons. The number of carbonyl (C=O) groups excluding carboxylic acids is 2. The summed E-state index contributed by atoms with van der Waals surface area (Å²) in [6.45, 7) is 8.89. The molecule has 1 N–H and O–H groups in total. The van der Waals surface area contributed by atoms with E-state index in [0.717, 1.165) is 12.8 Å². The highest BCUT2D eigenvalue weighted by Crippen LogP contribution is 2.44. The molecule has 2 aromatic carbocycles. The van der Waals surface area contributed by atoms with Crippen LogP contribution in [0.5, 0.6) is 0 Å². The van der Waals surface area contributed by atoms with E-state index in [1.807, 2.05) is 24.3 Å². The predicted octanol–water partition coefficient (Wildman–Crippen LogP) is 5.92. The van der Waals surface area contributed by atoms with Gasteiger partial charge in [-0.05, 0) is 35.1 Å². The number of fused-ring (bicyclic) bond motifs is 3. The van der Waals surface area contributed by atoms with Gasteiger partial charge in [-0.1, -0.05) is 81.1 Å². The fourth-order valence-electron chi connectivity index (χ4n) is 5.38. The van der Waals surface area contributed by atoms with Crippen LogP contribution in [0.15, 0.2) is 48.5 Å². The third-order valence-corrected chi connectivity index (χ3v) is 7.91. The van der Waals surface area contributed by atoms with Crippen LogP contribution >= 0.6 is 0 Å². The summed E-state index contributed by atoms with van der Waals surface area (Å²) < 4.78 is 43.7. The Morgan fingerprint density at radius 2 is 1.02 bits per heavy atom. The molecule has 49 heavy (non-hydrogen) atoms. The van der Waals surface area contributed by atoms with E-state index in [2.05, 4.69) is 36.5 Å². The van der Waals surface area contributed by atoms with Gasteiger partial charge < -0.3 is 43.2 Å². The van der Waals surface area contributed by atoms with Crippen molar-refractivity contribution >= 4 is 12.1 Å². The molecule has 11 nitrogen and oxygen atoms in total. The van der Waals surface area contributed by atoms with Crippen LogP contribution in [0.2, 0.25) is 0 Å². The van der Waals surface area contributed by atoms with E-state index in [9.17, 15) is 9.59 Å². The lowest BCUT2D eigenvalue weighted by Crippen LogP contribution is -2.27. The Kier molecular flexibility index (Phi) is 22.0. The van der Waals surface area contributed by atoms with Crippen molar-refractivity contribution in [1.29, 1.82) is 0 Å². The molecule has 2 aromatic rings. The first kappa shape index (κ1) is 40.4. The lowest BCUT2D eigenvalue weighted by Gasteiger charge is -2.14. The largest absolute Gasteiger partial charge is 0.463 e. The SMILES string of the molecule is CCCCCCCC(=O)OCCOCCOCCOCCOCCOCCOCCCNC(=O)OCC1c2ccccc2-c2ccccc21. The number of alkyl carbamates (subject to hydrolysis) is 1. The normalized spacial score (nSPS) is 12.1. The highest BCUT2D eigenvalue weighted by Gasteiger charge is 2.28. The summed E-state index contributed by atoms with van der Waals surface area (Å²) in [5.74, 6) is -0.0997. The number of esters is 1. The van der Waals surface area contributed by atoms with E-state index in [0.29, 0.717) is 105 Å². The van der Waals surface area contributed by atoms with Crippen molar-refractivity contribution in [3.63, 3.8) is 0 Å². The minimum atomic E-state index is -0.415. The van der Waals surface area contributed by atoms with E-state index in [1.54, 1.807) is 0 Å². The summed E-state index contributed by atoms with van der Waals surface area (Å²) in [5.41, 5.74) is 4.81. The predicted molar refractivity (Wildman–Crippen MR) is 187 cm³/mol. The molecule has 0 heterocycles. The van der Waals surface area contributed by atoms with Crippen LogP contribution in [-0.2, 0) is 42.7 Å². The van der Waals surface area contributed by atoms with Gasteiger partial charge in [-0.15, -0.1) is 0 Å². The minimum absolute atomic E-state index is 0.0506. The quantitative estimate of drug-likeness (QED) is 0.0783. The van der Waals surface area contributed by atoms with Gasteiger partial charge in [0.05, 0.1) is 72.7 Å². The maximum atomic E-state index is 12.2. The van der Waals surface area contributed by atoms with Gasteiger partial charge in [0.2, 0.25) is 0 Å². The third kappa shape index (κ3) is 17.4. The van der Waals surface area contributed by atoms with Crippen molar-refractivity contribution in [2.45, 2.75) is 57.8 Å². The van der Waals surface area contributed by atoms with Crippen LogP contribution in [0.1, 0.15) is 68.9 Å². The molecule has 0 saturated carbocycles. The van der Waals surface area contributed by atoms with Crippen molar-refractivity contribution in [3.05, 3.63) is 59.7 Å². The van der Waals surface area contributed by atoms with Gasteiger partial charge in [0.15, 0.2) is 0 Å². The molecule has 1 aliphatic rings. The summed E-state index contributed by atoms with van der Waals surface area (Å²) >= 11 is 0. The summed E-state index contributed by atoms with van der Waals surface area (Å²) in [6, 6.07) is 16.6. The number of hydrogen-bond acceptors (Lipinski definition) is 10. The Hall–Kier alpha value is -3.06. The van der Waals surface area contributed by atoms with Gasteiger partial charge in [-0.3, -0.25) is 4.79 Å². The number of rotatable bonds is 30. The van der Waals surface area contributed by atoms with Gasteiger partial charge in [0.25, 0.3) is 0 Å². The number of amides is 1. The zero-order valence-electron chi connectivity index (χ0n) is 29.3. The second kappa shape index (κ2) is 26.8. The molecule has 1 aliphatic carbocycles. The summed E-state index contributed by atoms with van der Waals surface area (Å²) in [6.07, 6.45) is 6.33. The van der Waals surface area contributed by atoms with Crippen LogP contribution in [0, 0.1) is 0 Å². The molecular formula is C38H57NO10. The van der Waals surface area contributed by atoms with Crippen LogP contribution in [-0.4, -0.2) is 111 Å². The smallest absolute Gasteiger partial charge is 0.407 e. The molecule has 0 atom stereocenters. The maximum Gasteiger partial charge on any atom is 0.407 e. The molecular weight excluding hydrogens is 630 g/mol. The van der Waals surface area contributed by atoms with E-state index in [-0.39, 0.29) is 18.5 Å². The molecule has 0 aliphatic heterocycles. The molecule has 274 valence electrons. The molecule has 11 heteroatoms. The average molecular weight is 688 g/mol. The minimum Gasteiger partial charge on any atom is -0.463 e. The van der Waals surface area contributed by atoms with Crippen molar-refractivity contribution in [2.75, 3.05) is 99.0 Å². The third-order valence-electron chi connectivity index (χ3n) is 7.91. The van der Waals surface area contributed by atoms with Gasteiger partial charge in [0.1, 0.15) is 13.2 Å². The van der Waals surface area contributed by atoms with Gasteiger partial charge in [-0.25, -0.2) is 4.79 Å². The Labute approximate surface area is 292 Å². The lowest BCUT2D eigenvalue weighted by molar-refractivity contribution is -0.145. The highest BCUT2D eigenvalue weighted by molar-refractivity contribution is 5.79. The highest BCUT2D eigenvalue weighted by atomic mass is 16.6. The number of ether oxygens (including phenoxy) is 8. The number of unbranched alkanes of at least 4 members (excludes halogenated alkanes) is 4. The van der Waals surface area contributed by atoms with Crippen molar-refractivity contribution in [3.8, 4) is 11.1 Å². The number of carbonyl (C=O) groups is 2. The van der Waals surface area contributed by atoms with Gasteiger partial charge in [-0.2, -0.15) is 0 Å². The van der Waals surface area contributed by atoms with E-state index in [1.165, 1.54) is 41.5 Å². The number of hydrogen-bond donors (Lipinski definition) is 1. The molecule has 1 amide bonds. The fraction of sp³-hybridized carbons (Fsp3) is 0.632. The molecule has 0 spiro atoms. The summed E-state index contributed by atoms with van der Waals surface area (Å²) in [5, 5.41) is 2.80. The Morgan fingerprint density at radius 1 is 0.551 bits per heavy atom. The fourth-order valence-corrected chi connectivity index (χ4v) is 5.38. The van der Waals surface area contributed by atoms with Gasteiger partial charge >= 0.3 is 12.1 Å². The first-order valence-corrected chi connectivity index (χ1v) is 17.9. The molecule has 0 unspecified atom stereocenters. The molecule has 0 saturated heterocycles. The zero-order valence-corrected chi connectivity index (χ0v) is 29.3. The van der Waals surface area contributed by atoms with Crippen LogP contribution in [0.25, 0.3) is 11.1 Å². The molecule has 3 rings (SSSR count). The summed E-state index contributed by atoms with van der Waals surface area (Å²) in [4.78, 5) is 23.9. The summed E-state index contributed by atoms with van der Waals surface area (Å²) in [7, 11) is 0. The molecule has 0 aromatic heterocycles. The first-order chi connectivity index (χ1) is 24.2. The van der Waals surface area contributed by atoms with Crippen LogP contribution in [0.3, 0.4) is 0 Å². The molecule has 0 bridgehead atoms. The average Bonchev–Trinajstić information content (AvgIpc) is 3.44. The zero-order chi connectivity index (χ0) is 34.6. The van der Waals surface area contributed by atoms with Crippen LogP contribution in [0.4, 0.5) is 4.79 Å². The lowest BCUT2D eigenvalue weighted by atomic mass is 9.98. The second-order valence-electron chi connectivity index (χ2n) is 11.7.